The standard InChI is InChI=1S/C25H35BrN2O6S2Si/c1-24(2,3)37(6,7)34-27-23(29)22-25(4,5)35(30)17-16-28(22)36(31,32)21-14-12-20(13-15-21)33-19-10-8-18(26)9-11-19/h8-15,22H,16-17H2,1-7H3,(H,27,29). The first-order chi connectivity index (χ1) is 17.0. The van der Waals surface area contributed by atoms with Crippen LogP contribution in [0.4, 0.5) is 0 Å². The largest absolute Gasteiger partial charge is 0.457 e. The van der Waals surface area contributed by atoms with Crippen LogP contribution in [0, 0.1) is 0 Å². The smallest absolute Gasteiger partial charge is 0.262 e. The number of sulfonamides is 1. The van der Waals surface area contributed by atoms with Crippen LogP contribution in [0.1, 0.15) is 34.6 Å². The van der Waals surface area contributed by atoms with Crippen molar-refractivity contribution in [3.05, 3.63) is 53.0 Å². The second kappa shape index (κ2) is 10.9. The molecule has 2 atom stereocenters. The van der Waals surface area contributed by atoms with Gasteiger partial charge >= 0.3 is 0 Å². The second-order valence-corrected chi connectivity index (χ2v) is 20.7. The zero-order valence-corrected chi connectivity index (χ0v) is 26.4. The fraction of sp³-hybridized carbons (Fsp3) is 0.480. The first-order valence-electron chi connectivity index (χ1n) is 11.9. The molecule has 0 spiro atoms. The molecule has 0 bridgehead atoms. The van der Waals surface area contributed by atoms with Crippen LogP contribution >= 0.6 is 15.9 Å². The van der Waals surface area contributed by atoms with Crippen molar-refractivity contribution in [2.24, 2.45) is 0 Å². The van der Waals surface area contributed by atoms with E-state index in [1.54, 1.807) is 38.1 Å². The van der Waals surface area contributed by atoms with Gasteiger partial charge in [0.15, 0.2) is 0 Å². The van der Waals surface area contributed by atoms with E-state index in [-0.39, 0.29) is 22.2 Å². The SMILES string of the molecule is CC1(C)C(C(=O)NO[Si](C)(C)C(C)(C)C)N(S(=O)(=O)c2ccc(Oc3ccc(Br)cc3)cc2)CCS1=O. The van der Waals surface area contributed by atoms with E-state index in [9.17, 15) is 17.4 Å². The molecule has 2 aromatic carbocycles. The molecular formula is C25H35BrN2O6S2Si. The first kappa shape index (κ1) is 30.0. The number of nitrogens with one attached hydrogen (secondary N) is 1. The number of rotatable bonds is 7. The maximum absolute atomic E-state index is 13.7. The predicted molar refractivity (Wildman–Crippen MR) is 152 cm³/mol. The van der Waals surface area contributed by atoms with Gasteiger partial charge in [-0.2, -0.15) is 4.31 Å². The van der Waals surface area contributed by atoms with Gasteiger partial charge in [0.05, 0.1) is 9.64 Å². The number of hydrogen-bond donors (Lipinski definition) is 1. The number of hydroxylamine groups is 1. The average Bonchev–Trinajstić information content (AvgIpc) is 2.80. The van der Waals surface area contributed by atoms with E-state index < -0.39 is 45.8 Å². The summed E-state index contributed by atoms with van der Waals surface area (Å²) < 4.78 is 53.0. The molecule has 1 amide bonds. The summed E-state index contributed by atoms with van der Waals surface area (Å²) in [5.41, 5.74) is 2.53. The molecule has 1 saturated heterocycles. The van der Waals surface area contributed by atoms with Gasteiger partial charge in [0.2, 0.25) is 18.3 Å². The summed E-state index contributed by atoms with van der Waals surface area (Å²) in [4.78, 5) is 13.4. The van der Waals surface area contributed by atoms with Crippen LogP contribution in [0.2, 0.25) is 18.1 Å². The van der Waals surface area contributed by atoms with Crippen molar-refractivity contribution < 1.29 is 26.7 Å². The molecule has 37 heavy (non-hydrogen) atoms. The second-order valence-electron chi connectivity index (χ2n) is 11.0. The number of amides is 1. The highest BCUT2D eigenvalue weighted by molar-refractivity contribution is 9.10. The monoisotopic (exact) mass is 630 g/mol. The van der Waals surface area contributed by atoms with Crippen LogP contribution < -0.4 is 10.2 Å². The van der Waals surface area contributed by atoms with Crippen LogP contribution in [-0.4, -0.2) is 54.2 Å². The number of halogens is 1. The van der Waals surface area contributed by atoms with E-state index in [4.69, 9.17) is 9.26 Å². The van der Waals surface area contributed by atoms with E-state index in [0.717, 1.165) is 8.78 Å². The first-order valence-corrected chi connectivity index (χ1v) is 18.3. The summed E-state index contributed by atoms with van der Waals surface area (Å²) in [7, 11) is -7.87. The van der Waals surface area contributed by atoms with Crippen LogP contribution in [0.5, 0.6) is 11.5 Å². The Morgan fingerprint density at radius 3 is 2.11 bits per heavy atom. The third kappa shape index (κ3) is 6.54. The van der Waals surface area contributed by atoms with Gasteiger partial charge < -0.3 is 9.26 Å². The molecular weight excluding hydrogens is 596 g/mol. The van der Waals surface area contributed by atoms with Gasteiger partial charge in [-0.15, -0.1) is 0 Å². The van der Waals surface area contributed by atoms with Crippen molar-refractivity contribution in [1.82, 2.24) is 9.79 Å². The van der Waals surface area contributed by atoms with Gasteiger partial charge in [0.1, 0.15) is 17.5 Å². The molecule has 3 rings (SSSR count). The number of ether oxygens (including phenoxy) is 1. The van der Waals surface area contributed by atoms with E-state index in [2.05, 4.69) is 21.4 Å². The molecule has 2 aromatic rings. The summed E-state index contributed by atoms with van der Waals surface area (Å²) >= 11 is 3.37. The van der Waals surface area contributed by atoms with Crippen molar-refractivity contribution in [2.45, 2.75) is 68.4 Å². The lowest BCUT2D eigenvalue weighted by atomic mass is 10.0. The third-order valence-corrected chi connectivity index (χ3v) is 15.6. The Kier molecular flexibility index (Phi) is 8.82. The van der Waals surface area contributed by atoms with Gasteiger partial charge in [-0.3, -0.25) is 9.00 Å². The predicted octanol–water partition coefficient (Wildman–Crippen LogP) is 5.19. The Morgan fingerprint density at radius 2 is 1.59 bits per heavy atom. The third-order valence-electron chi connectivity index (χ3n) is 6.97. The lowest BCUT2D eigenvalue weighted by Crippen LogP contribution is -2.65. The molecule has 8 nitrogen and oxygen atoms in total. The molecule has 0 aromatic heterocycles. The molecule has 0 aliphatic carbocycles. The maximum atomic E-state index is 13.7. The fourth-order valence-electron chi connectivity index (χ4n) is 3.58. The van der Waals surface area contributed by atoms with Crippen molar-refractivity contribution in [1.29, 1.82) is 0 Å². The highest BCUT2D eigenvalue weighted by atomic mass is 79.9. The minimum atomic E-state index is -4.10. The summed E-state index contributed by atoms with van der Waals surface area (Å²) in [6, 6.07) is 12.1. The van der Waals surface area contributed by atoms with Crippen LogP contribution in [0.25, 0.3) is 0 Å². The normalized spacial score (nSPS) is 20.9. The molecule has 1 aliphatic rings. The van der Waals surface area contributed by atoms with Gasteiger partial charge in [-0.25, -0.2) is 13.9 Å². The number of nitrogens with zero attached hydrogens (tertiary/aromatic N) is 1. The van der Waals surface area contributed by atoms with Gasteiger partial charge in [-0.1, -0.05) is 36.7 Å². The molecule has 0 radical (unpaired) electrons. The summed E-state index contributed by atoms with van der Waals surface area (Å²) in [5, 5.41) is -0.170. The van der Waals surface area contributed by atoms with Crippen LogP contribution in [0.3, 0.4) is 0 Å². The highest BCUT2D eigenvalue weighted by Crippen LogP contribution is 2.37. The minimum absolute atomic E-state index is 0.0160. The molecule has 1 fully saturated rings. The number of hydrogen-bond acceptors (Lipinski definition) is 6. The molecule has 12 heteroatoms. The van der Waals surface area contributed by atoms with Crippen LogP contribution in [0.15, 0.2) is 57.9 Å². The Labute approximate surface area is 231 Å². The fourth-order valence-corrected chi connectivity index (χ4v) is 7.78. The van der Waals surface area contributed by atoms with Crippen molar-refractivity contribution in [3.8, 4) is 11.5 Å². The lowest BCUT2D eigenvalue weighted by molar-refractivity contribution is -0.133. The topological polar surface area (TPSA) is 102 Å². The molecule has 1 N–H and O–H groups in total. The Balaban J connectivity index is 1.87. The summed E-state index contributed by atoms with van der Waals surface area (Å²) in [5.74, 6) is 0.585. The van der Waals surface area contributed by atoms with Gasteiger partial charge in [0, 0.05) is 27.6 Å². The number of carbonyl (C=O) groups is 1. The zero-order chi connectivity index (χ0) is 27.8. The van der Waals surface area contributed by atoms with Crippen molar-refractivity contribution in [2.75, 3.05) is 12.3 Å². The van der Waals surface area contributed by atoms with Crippen molar-refractivity contribution in [3.63, 3.8) is 0 Å². The Morgan fingerprint density at radius 1 is 1.08 bits per heavy atom. The molecule has 204 valence electrons. The minimum Gasteiger partial charge on any atom is -0.457 e. The summed E-state index contributed by atoms with van der Waals surface area (Å²) in [6.45, 7) is 13.3. The number of benzene rings is 2. The molecule has 1 aliphatic heterocycles. The van der Waals surface area contributed by atoms with E-state index in [0.29, 0.717) is 11.5 Å². The number of carbonyl (C=O) groups excluding carboxylic acids is 1. The van der Waals surface area contributed by atoms with Gasteiger partial charge in [0.25, 0.3) is 5.91 Å². The van der Waals surface area contributed by atoms with Crippen LogP contribution in [-0.2, 0) is 30.1 Å². The molecule has 2 unspecified atom stereocenters. The van der Waals surface area contributed by atoms with Gasteiger partial charge in [-0.05, 0) is 80.5 Å². The maximum Gasteiger partial charge on any atom is 0.262 e. The highest BCUT2D eigenvalue weighted by Gasteiger charge is 2.52. The molecule has 0 saturated carbocycles. The quantitative estimate of drug-likeness (QED) is 0.333. The van der Waals surface area contributed by atoms with E-state index in [1.807, 2.05) is 46.0 Å². The van der Waals surface area contributed by atoms with E-state index >= 15 is 0 Å². The Bertz CT molecular complexity index is 1260. The Hall–Kier alpha value is -1.57. The average molecular weight is 632 g/mol. The molecule has 1 heterocycles. The lowest BCUT2D eigenvalue weighted by Gasteiger charge is -2.44. The summed E-state index contributed by atoms with van der Waals surface area (Å²) in [6.07, 6.45) is 0. The zero-order valence-electron chi connectivity index (χ0n) is 22.2. The van der Waals surface area contributed by atoms with Crippen molar-refractivity contribution >= 4 is 51.0 Å². The van der Waals surface area contributed by atoms with E-state index in [1.165, 1.54) is 12.1 Å².